The van der Waals surface area contributed by atoms with Gasteiger partial charge in [0, 0.05) is 11.9 Å². The van der Waals surface area contributed by atoms with Crippen LogP contribution in [0.1, 0.15) is 49.4 Å². The number of thiocarbonyl (C=S) groups is 1. The van der Waals surface area contributed by atoms with Crippen LogP contribution in [0.25, 0.3) is 0 Å². The van der Waals surface area contributed by atoms with E-state index in [9.17, 15) is 14.4 Å². The minimum atomic E-state index is -1.63. The van der Waals surface area contributed by atoms with Crippen molar-refractivity contribution in [3.05, 3.63) is 48.2 Å². The van der Waals surface area contributed by atoms with Crippen molar-refractivity contribution in [3.63, 3.8) is 0 Å². The molecule has 170 valence electrons. The highest BCUT2D eigenvalue weighted by Crippen LogP contribution is 2.16. The summed E-state index contributed by atoms with van der Waals surface area (Å²) in [6.45, 7) is 2.86. The number of unbranched alkanes of at least 4 members (excludes halogenated alkanes) is 4. The Balaban J connectivity index is 1.77. The molecule has 10 heteroatoms. The van der Waals surface area contributed by atoms with Gasteiger partial charge < -0.3 is 20.5 Å². The lowest BCUT2D eigenvalue weighted by molar-refractivity contribution is -0.147. The van der Waals surface area contributed by atoms with Crippen LogP contribution in [-0.4, -0.2) is 39.6 Å². The van der Waals surface area contributed by atoms with E-state index in [2.05, 4.69) is 27.9 Å². The van der Waals surface area contributed by atoms with Crippen LogP contribution in [0.2, 0.25) is 0 Å². The Morgan fingerprint density at radius 3 is 2.34 bits per heavy atom. The third-order valence-electron chi connectivity index (χ3n) is 4.32. The first-order valence-electron chi connectivity index (χ1n) is 10.2. The summed E-state index contributed by atoms with van der Waals surface area (Å²) in [6.07, 6.45) is 7.09. The summed E-state index contributed by atoms with van der Waals surface area (Å²) in [5.41, 5.74) is 0.876. The van der Waals surface area contributed by atoms with Gasteiger partial charge in [0.15, 0.2) is 5.11 Å². The molecule has 0 aliphatic heterocycles. The van der Waals surface area contributed by atoms with Gasteiger partial charge in [-0.15, -0.1) is 0 Å². The van der Waals surface area contributed by atoms with Crippen LogP contribution in [0.3, 0.4) is 0 Å². The number of nitrogens with one attached hydrogen (secondary N) is 3. The van der Waals surface area contributed by atoms with Crippen LogP contribution in [0, 0.1) is 0 Å². The largest absolute Gasteiger partial charge is 0.494 e. The minimum absolute atomic E-state index is 0.0120. The summed E-state index contributed by atoms with van der Waals surface area (Å²) in [5.74, 6) is -2.58. The molecule has 0 aliphatic carbocycles. The molecule has 0 radical (unpaired) electrons. The van der Waals surface area contributed by atoms with Gasteiger partial charge in [-0.3, -0.25) is 14.9 Å². The Kier molecular flexibility index (Phi) is 10.1. The lowest BCUT2D eigenvalue weighted by atomic mass is 10.2. The minimum Gasteiger partial charge on any atom is -0.494 e. The van der Waals surface area contributed by atoms with E-state index < -0.39 is 17.8 Å². The molecule has 9 nitrogen and oxygen atoms in total. The van der Waals surface area contributed by atoms with Crippen LogP contribution in [0.15, 0.2) is 42.6 Å². The molecule has 0 bridgehead atoms. The number of amides is 2. The Bertz CT molecular complexity index is 932. The fraction of sp³-hybridized carbons (Fsp3) is 0.318. The third-order valence-corrected chi connectivity index (χ3v) is 4.52. The van der Waals surface area contributed by atoms with Crippen LogP contribution < -0.4 is 20.7 Å². The molecule has 0 fully saturated rings. The summed E-state index contributed by atoms with van der Waals surface area (Å²) >= 11 is 5.16. The van der Waals surface area contributed by atoms with E-state index >= 15 is 0 Å². The van der Waals surface area contributed by atoms with Crippen molar-refractivity contribution in [2.75, 3.05) is 17.2 Å². The molecule has 1 heterocycles. The van der Waals surface area contributed by atoms with Crippen molar-refractivity contribution in [2.24, 2.45) is 0 Å². The van der Waals surface area contributed by atoms with Gasteiger partial charge in [-0.05, 0) is 55.0 Å². The molecular weight excluding hydrogens is 432 g/mol. The lowest BCUT2D eigenvalue weighted by Crippen LogP contribution is -2.34. The monoisotopic (exact) mass is 458 g/mol. The maximum atomic E-state index is 12.3. The molecule has 32 heavy (non-hydrogen) atoms. The van der Waals surface area contributed by atoms with Crippen molar-refractivity contribution in [1.82, 2.24) is 10.3 Å². The first-order chi connectivity index (χ1) is 15.4. The topological polar surface area (TPSA) is 130 Å². The maximum absolute atomic E-state index is 12.3. The quantitative estimate of drug-likeness (QED) is 0.241. The number of ether oxygens (including phenoxy) is 1. The molecule has 1 aromatic heterocycles. The van der Waals surface area contributed by atoms with Gasteiger partial charge in [0.1, 0.15) is 11.6 Å². The number of carboxylic acids is 1. The van der Waals surface area contributed by atoms with Crippen LogP contribution in [-0.2, 0) is 9.59 Å². The smallest absolute Gasteiger partial charge is 0.394 e. The number of hydrogen-bond donors (Lipinski definition) is 4. The molecule has 0 saturated carbocycles. The average Bonchev–Trinajstić information content (AvgIpc) is 2.77. The van der Waals surface area contributed by atoms with Gasteiger partial charge in [-0.2, -0.15) is 0 Å². The molecule has 4 N–H and O–H groups in total. The zero-order chi connectivity index (χ0) is 23.3. The lowest BCUT2D eigenvalue weighted by Gasteiger charge is -2.11. The van der Waals surface area contributed by atoms with E-state index in [-0.39, 0.29) is 16.5 Å². The Morgan fingerprint density at radius 2 is 1.72 bits per heavy atom. The van der Waals surface area contributed by atoms with Gasteiger partial charge in [0.05, 0.1) is 12.2 Å². The number of carboxylic acid groups (broad SMARTS) is 1. The predicted octanol–water partition coefficient (Wildman–Crippen LogP) is 3.58. The molecule has 2 rings (SSSR count). The Morgan fingerprint density at radius 1 is 1.00 bits per heavy atom. The fourth-order valence-electron chi connectivity index (χ4n) is 2.64. The Hall–Kier alpha value is -3.53. The highest BCUT2D eigenvalue weighted by atomic mass is 32.1. The molecule has 0 atom stereocenters. The molecular formula is C22H26N4O5S. The number of hydrogen-bond acceptors (Lipinski definition) is 6. The van der Waals surface area contributed by atoms with Gasteiger partial charge >= 0.3 is 11.9 Å². The van der Waals surface area contributed by atoms with E-state index in [1.165, 1.54) is 37.6 Å². The average molecular weight is 459 g/mol. The number of pyridine rings is 1. The highest BCUT2D eigenvalue weighted by molar-refractivity contribution is 7.80. The standard InChI is InChI=1S/C22H26N4O5S/c1-2-3-4-5-6-13-31-17-10-8-16(9-11-17)24-22(32)26-19(27)15-7-12-18(23-14-15)25-20(28)21(29)30/h7-12,14H,2-6,13H2,1H3,(H,29,30)(H,23,25,28)(H2,24,26,27,32). The van der Waals surface area contributed by atoms with E-state index in [1.807, 2.05) is 12.1 Å². The Labute approximate surface area is 191 Å². The highest BCUT2D eigenvalue weighted by Gasteiger charge is 2.13. The van der Waals surface area contributed by atoms with Gasteiger partial charge in [-0.25, -0.2) is 9.78 Å². The van der Waals surface area contributed by atoms with Crippen molar-refractivity contribution in [1.29, 1.82) is 0 Å². The number of rotatable bonds is 10. The number of carbonyl (C=O) groups is 3. The summed E-state index contributed by atoms with van der Waals surface area (Å²) in [4.78, 5) is 37.7. The van der Waals surface area contributed by atoms with E-state index in [4.69, 9.17) is 22.1 Å². The molecule has 2 aromatic rings. The van der Waals surface area contributed by atoms with E-state index in [1.54, 1.807) is 12.1 Å². The molecule has 0 spiro atoms. The van der Waals surface area contributed by atoms with Crippen molar-refractivity contribution in [3.8, 4) is 5.75 Å². The van der Waals surface area contributed by atoms with Crippen LogP contribution in [0.5, 0.6) is 5.75 Å². The fourth-order valence-corrected chi connectivity index (χ4v) is 2.85. The second kappa shape index (κ2) is 13.0. The van der Waals surface area contributed by atoms with Gasteiger partial charge in [0.25, 0.3) is 5.91 Å². The van der Waals surface area contributed by atoms with Crippen molar-refractivity contribution in [2.45, 2.75) is 39.0 Å². The summed E-state index contributed by atoms with van der Waals surface area (Å²) in [6, 6.07) is 9.95. The molecule has 0 aliphatic rings. The summed E-state index contributed by atoms with van der Waals surface area (Å²) < 4.78 is 5.72. The first-order valence-corrected chi connectivity index (χ1v) is 10.7. The summed E-state index contributed by atoms with van der Waals surface area (Å²) in [5, 5.41) is 16.2. The van der Waals surface area contributed by atoms with Crippen molar-refractivity contribution < 1.29 is 24.2 Å². The number of anilines is 2. The van der Waals surface area contributed by atoms with Gasteiger partial charge in [0.2, 0.25) is 0 Å². The number of nitrogens with zero attached hydrogens (tertiary/aromatic N) is 1. The molecule has 0 saturated heterocycles. The second-order valence-electron chi connectivity index (χ2n) is 6.89. The van der Waals surface area contributed by atoms with Crippen molar-refractivity contribution >= 4 is 46.6 Å². The summed E-state index contributed by atoms with van der Waals surface area (Å²) in [7, 11) is 0. The third kappa shape index (κ3) is 8.68. The number of carbonyl (C=O) groups excluding carboxylic acids is 2. The molecule has 2 amide bonds. The predicted molar refractivity (Wildman–Crippen MR) is 125 cm³/mol. The normalized spacial score (nSPS) is 10.2. The van der Waals surface area contributed by atoms with Gasteiger partial charge in [-0.1, -0.05) is 32.6 Å². The maximum Gasteiger partial charge on any atom is 0.394 e. The van der Waals surface area contributed by atoms with Crippen LogP contribution >= 0.6 is 12.2 Å². The van der Waals surface area contributed by atoms with Crippen LogP contribution in [0.4, 0.5) is 11.5 Å². The first kappa shape index (κ1) is 24.7. The molecule has 1 aromatic carbocycles. The zero-order valence-electron chi connectivity index (χ0n) is 17.7. The zero-order valence-corrected chi connectivity index (χ0v) is 18.5. The number of aromatic nitrogens is 1. The number of benzene rings is 1. The second-order valence-corrected chi connectivity index (χ2v) is 7.29. The SMILES string of the molecule is CCCCCCCOc1ccc(NC(=S)NC(=O)c2ccc(NC(=O)C(=O)O)nc2)cc1. The van der Waals surface area contributed by atoms with E-state index in [0.717, 1.165) is 18.6 Å². The number of aliphatic carboxylic acids is 1. The molecule has 0 unspecified atom stereocenters. The van der Waals surface area contributed by atoms with E-state index in [0.29, 0.717) is 12.3 Å².